The largest absolute Gasteiger partial charge is 0.455 e. The lowest BCUT2D eigenvalue weighted by molar-refractivity contribution is -0.146. The molecule has 7 heteroatoms. The first kappa shape index (κ1) is 14.4. The Morgan fingerprint density at radius 2 is 2.09 bits per heavy atom. The molecule has 1 aliphatic rings. The van der Waals surface area contributed by atoms with E-state index in [4.69, 9.17) is 14.2 Å². The molecule has 6 nitrogen and oxygen atoms in total. The molecule has 22 heavy (non-hydrogen) atoms. The second-order valence-corrected chi connectivity index (χ2v) is 5.57. The van der Waals surface area contributed by atoms with Crippen molar-refractivity contribution in [2.24, 2.45) is 0 Å². The average molecular weight is 319 g/mol. The zero-order valence-electron chi connectivity index (χ0n) is 11.5. The van der Waals surface area contributed by atoms with E-state index in [0.29, 0.717) is 17.2 Å². The van der Waals surface area contributed by atoms with Crippen LogP contribution in [-0.2, 0) is 20.7 Å². The Morgan fingerprint density at radius 1 is 1.23 bits per heavy atom. The minimum atomic E-state index is -0.428. The first-order valence-electron chi connectivity index (χ1n) is 6.58. The van der Waals surface area contributed by atoms with E-state index in [1.54, 1.807) is 18.2 Å². The topological polar surface area (TPSA) is 73.9 Å². The van der Waals surface area contributed by atoms with Crippen molar-refractivity contribution < 1.29 is 23.8 Å². The molecule has 114 valence electrons. The molecule has 0 saturated carbocycles. The molecule has 1 aromatic heterocycles. The first-order valence-corrected chi connectivity index (χ1v) is 7.46. The van der Waals surface area contributed by atoms with Gasteiger partial charge in [-0.3, -0.25) is 9.59 Å². The summed E-state index contributed by atoms with van der Waals surface area (Å²) >= 11 is 1.47. The molecule has 0 saturated heterocycles. The van der Waals surface area contributed by atoms with Gasteiger partial charge in [0.15, 0.2) is 18.1 Å². The standard InChI is InChI=1S/C15H13NO5S/c17-14(8-19-15(18)7-11-2-1-5-22-11)16-10-3-4-12-13(6-10)21-9-20-12/h1-6H,7-9H2,(H,16,17). The molecular weight excluding hydrogens is 306 g/mol. The lowest BCUT2D eigenvalue weighted by Gasteiger charge is -2.07. The number of thiophene rings is 1. The number of benzene rings is 1. The number of anilines is 1. The summed E-state index contributed by atoms with van der Waals surface area (Å²) in [4.78, 5) is 24.3. The number of rotatable bonds is 5. The average Bonchev–Trinajstić information content (AvgIpc) is 3.15. The Morgan fingerprint density at radius 3 is 2.91 bits per heavy atom. The van der Waals surface area contributed by atoms with Crippen LogP contribution in [0.4, 0.5) is 5.69 Å². The molecule has 0 spiro atoms. The van der Waals surface area contributed by atoms with Gasteiger partial charge in [-0.05, 0) is 23.6 Å². The number of esters is 1. The summed E-state index contributed by atoms with van der Waals surface area (Å²) in [5.74, 6) is 0.384. The van der Waals surface area contributed by atoms with Crippen LogP contribution >= 0.6 is 11.3 Å². The monoisotopic (exact) mass is 319 g/mol. The lowest BCUT2D eigenvalue weighted by atomic mass is 10.3. The summed E-state index contributed by atoms with van der Waals surface area (Å²) in [5, 5.41) is 4.52. The van der Waals surface area contributed by atoms with Crippen LogP contribution in [0, 0.1) is 0 Å². The van der Waals surface area contributed by atoms with Gasteiger partial charge in [-0.2, -0.15) is 0 Å². The van der Waals surface area contributed by atoms with E-state index in [9.17, 15) is 9.59 Å². The van der Waals surface area contributed by atoms with Crippen LogP contribution in [0.25, 0.3) is 0 Å². The first-order chi connectivity index (χ1) is 10.7. The maximum Gasteiger partial charge on any atom is 0.311 e. The van der Waals surface area contributed by atoms with Crippen molar-refractivity contribution in [3.8, 4) is 11.5 Å². The van der Waals surface area contributed by atoms with E-state index in [2.05, 4.69) is 5.32 Å². The van der Waals surface area contributed by atoms with Crippen molar-refractivity contribution >= 4 is 28.9 Å². The number of nitrogens with one attached hydrogen (secondary N) is 1. The Hall–Kier alpha value is -2.54. The molecule has 2 aromatic rings. The van der Waals surface area contributed by atoms with Crippen molar-refractivity contribution in [1.82, 2.24) is 0 Å². The Balaban J connectivity index is 1.47. The van der Waals surface area contributed by atoms with Gasteiger partial charge >= 0.3 is 5.97 Å². The van der Waals surface area contributed by atoms with Crippen molar-refractivity contribution in [3.05, 3.63) is 40.6 Å². The smallest absolute Gasteiger partial charge is 0.311 e. The molecule has 3 rings (SSSR count). The highest BCUT2D eigenvalue weighted by Gasteiger charge is 2.15. The van der Waals surface area contributed by atoms with Crippen LogP contribution < -0.4 is 14.8 Å². The van der Waals surface area contributed by atoms with E-state index in [-0.39, 0.29) is 19.8 Å². The molecule has 0 unspecified atom stereocenters. The summed E-state index contributed by atoms with van der Waals surface area (Å²) in [5.41, 5.74) is 0.559. The van der Waals surface area contributed by atoms with E-state index < -0.39 is 11.9 Å². The second kappa shape index (κ2) is 6.48. The molecule has 1 amide bonds. The van der Waals surface area contributed by atoms with Gasteiger partial charge in [0.05, 0.1) is 6.42 Å². The minimum absolute atomic E-state index is 0.174. The quantitative estimate of drug-likeness (QED) is 0.855. The van der Waals surface area contributed by atoms with Gasteiger partial charge in [0.25, 0.3) is 5.91 Å². The molecule has 1 aliphatic heterocycles. The van der Waals surface area contributed by atoms with Crippen LogP contribution in [0.1, 0.15) is 4.88 Å². The second-order valence-electron chi connectivity index (χ2n) is 4.53. The maximum absolute atomic E-state index is 11.8. The summed E-state index contributed by atoms with van der Waals surface area (Å²) in [6.45, 7) is -0.147. The van der Waals surface area contributed by atoms with E-state index in [0.717, 1.165) is 4.88 Å². The predicted molar refractivity (Wildman–Crippen MR) is 80.2 cm³/mol. The molecule has 0 atom stereocenters. The number of carbonyl (C=O) groups is 2. The Kier molecular flexibility index (Phi) is 4.24. The Bertz CT molecular complexity index is 683. The number of hydrogen-bond acceptors (Lipinski definition) is 6. The van der Waals surface area contributed by atoms with E-state index in [1.165, 1.54) is 11.3 Å². The molecule has 2 heterocycles. The number of fused-ring (bicyclic) bond motifs is 1. The molecule has 0 bridgehead atoms. The van der Waals surface area contributed by atoms with E-state index >= 15 is 0 Å². The maximum atomic E-state index is 11.8. The highest BCUT2D eigenvalue weighted by atomic mass is 32.1. The molecule has 0 fully saturated rings. The zero-order chi connectivity index (χ0) is 15.4. The normalized spacial score (nSPS) is 12.0. The minimum Gasteiger partial charge on any atom is -0.455 e. The van der Waals surface area contributed by atoms with Gasteiger partial charge in [0.2, 0.25) is 6.79 Å². The van der Waals surface area contributed by atoms with Gasteiger partial charge in [-0.15, -0.1) is 11.3 Å². The van der Waals surface area contributed by atoms with E-state index in [1.807, 2.05) is 17.5 Å². The summed E-state index contributed by atoms with van der Waals surface area (Å²) < 4.78 is 15.3. The molecular formula is C15H13NO5S. The molecule has 1 aromatic carbocycles. The third-order valence-corrected chi connectivity index (χ3v) is 3.80. The fourth-order valence-electron chi connectivity index (χ4n) is 1.92. The van der Waals surface area contributed by atoms with Gasteiger partial charge < -0.3 is 19.5 Å². The van der Waals surface area contributed by atoms with Crippen LogP contribution in [-0.4, -0.2) is 25.3 Å². The van der Waals surface area contributed by atoms with Crippen LogP contribution in [0.2, 0.25) is 0 Å². The number of amides is 1. The highest BCUT2D eigenvalue weighted by molar-refractivity contribution is 7.10. The van der Waals surface area contributed by atoms with Gasteiger partial charge in [-0.1, -0.05) is 6.07 Å². The van der Waals surface area contributed by atoms with Crippen molar-refractivity contribution in [2.75, 3.05) is 18.7 Å². The molecule has 0 radical (unpaired) electrons. The number of ether oxygens (including phenoxy) is 3. The fourth-order valence-corrected chi connectivity index (χ4v) is 2.61. The van der Waals surface area contributed by atoms with Gasteiger partial charge in [0, 0.05) is 16.6 Å². The number of carbonyl (C=O) groups excluding carboxylic acids is 2. The van der Waals surface area contributed by atoms with Gasteiger partial charge in [-0.25, -0.2) is 0 Å². The fraction of sp³-hybridized carbons (Fsp3) is 0.200. The third-order valence-electron chi connectivity index (χ3n) is 2.92. The SMILES string of the molecule is O=C(COC(=O)Cc1cccs1)Nc1ccc2c(c1)OCO2. The summed E-state index contributed by atoms with van der Waals surface area (Å²) in [6.07, 6.45) is 0.176. The van der Waals surface area contributed by atoms with Crippen LogP contribution in [0.3, 0.4) is 0 Å². The molecule has 0 aliphatic carbocycles. The summed E-state index contributed by atoms with van der Waals surface area (Å²) in [6, 6.07) is 8.77. The summed E-state index contributed by atoms with van der Waals surface area (Å²) in [7, 11) is 0. The Labute approximate surface area is 130 Å². The third kappa shape index (κ3) is 3.56. The predicted octanol–water partition coefficient (Wildman–Crippen LogP) is 2.20. The highest BCUT2D eigenvalue weighted by Crippen LogP contribution is 2.34. The zero-order valence-corrected chi connectivity index (χ0v) is 12.4. The van der Waals surface area contributed by atoms with Crippen LogP contribution in [0.5, 0.6) is 11.5 Å². The lowest BCUT2D eigenvalue weighted by Crippen LogP contribution is -2.21. The van der Waals surface area contributed by atoms with Crippen molar-refractivity contribution in [1.29, 1.82) is 0 Å². The van der Waals surface area contributed by atoms with Gasteiger partial charge in [0.1, 0.15) is 0 Å². The van der Waals surface area contributed by atoms with Crippen LogP contribution in [0.15, 0.2) is 35.7 Å². The van der Waals surface area contributed by atoms with Crippen molar-refractivity contribution in [2.45, 2.75) is 6.42 Å². The molecule has 1 N–H and O–H groups in total. The van der Waals surface area contributed by atoms with Crippen molar-refractivity contribution in [3.63, 3.8) is 0 Å². The number of hydrogen-bond donors (Lipinski definition) is 1.